The highest BCUT2D eigenvalue weighted by molar-refractivity contribution is 5.91. The molecule has 0 unspecified atom stereocenters. The van der Waals surface area contributed by atoms with E-state index in [1.165, 1.54) is 0 Å². The number of nitrogens with two attached hydrogens (primary N) is 2. The highest BCUT2D eigenvalue weighted by Gasteiger charge is 2.10. The van der Waals surface area contributed by atoms with Gasteiger partial charge in [0.1, 0.15) is 18.2 Å². The third-order valence-corrected chi connectivity index (χ3v) is 4.50. The summed E-state index contributed by atoms with van der Waals surface area (Å²) in [6.45, 7) is 4.38. The standard InChI is InChI=1S/C22H21N5O/c1-13-10-15(6-9-20(13)28-12-17-5-3-4-14(2)25-17)22-26-19-8-7-16(23)11-18(19)21(24)27-22/h3-11H,12,23H2,1-2H3,(H2,24,26,27). The van der Waals surface area contributed by atoms with E-state index < -0.39 is 0 Å². The second-order valence-corrected chi connectivity index (χ2v) is 6.75. The Morgan fingerprint density at radius 2 is 1.75 bits per heavy atom. The number of benzene rings is 2. The normalized spacial score (nSPS) is 10.9. The molecule has 0 saturated heterocycles. The number of anilines is 2. The van der Waals surface area contributed by atoms with Gasteiger partial charge in [-0.3, -0.25) is 4.98 Å². The smallest absolute Gasteiger partial charge is 0.162 e. The Hall–Kier alpha value is -3.67. The Bertz CT molecular complexity index is 1170. The minimum absolute atomic E-state index is 0.413. The number of hydrogen-bond donors (Lipinski definition) is 2. The van der Waals surface area contributed by atoms with Crippen molar-refractivity contribution >= 4 is 22.4 Å². The molecule has 0 bridgehead atoms. The fraction of sp³-hybridized carbons (Fsp3) is 0.136. The minimum Gasteiger partial charge on any atom is -0.487 e. The van der Waals surface area contributed by atoms with Gasteiger partial charge in [-0.15, -0.1) is 0 Å². The van der Waals surface area contributed by atoms with Gasteiger partial charge in [0.2, 0.25) is 0 Å². The van der Waals surface area contributed by atoms with E-state index in [1.54, 1.807) is 12.1 Å². The summed E-state index contributed by atoms with van der Waals surface area (Å²) < 4.78 is 5.93. The number of fused-ring (bicyclic) bond motifs is 1. The number of rotatable bonds is 4. The topological polar surface area (TPSA) is 99.9 Å². The summed E-state index contributed by atoms with van der Waals surface area (Å²) in [4.78, 5) is 13.5. The van der Waals surface area contributed by atoms with E-state index in [2.05, 4.69) is 15.0 Å². The van der Waals surface area contributed by atoms with Gasteiger partial charge in [-0.1, -0.05) is 6.07 Å². The molecule has 0 saturated carbocycles. The first-order valence-electron chi connectivity index (χ1n) is 8.99. The Labute approximate surface area is 163 Å². The zero-order valence-electron chi connectivity index (χ0n) is 15.8. The summed E-state index contributed by atoms with van der Waals surface area (Å²) in [5.41, 5.74) is 17.1. The Kier molecular flexibility index (Phi) is 4.53. The van der Waals surface area contributed by atoms with Crippen LogP contribution in [0, 0.1) is 13.8 Å². The quantitative estimate of drug-likeness (QED) is 0.525. The van der Waals surface area contributed by atoms with Crippen molar-refractivity contribution in [2.75, 3.05) is 11.5 Å². The van der Waals surface area contributed by atoms with Crippen LogP contribution in [0.3, 0.4) is 0 Å². The average Bonchev–Trinajstić information content (AvgIpc) is 2.67. The Balaban J connectivity index is 1.60. The van der Waals surface area contributed by atoms with E-state index in [0.29, 0.717) is 23.9 Å². The summed E-state index contributed by atoms with van der Waals surface area (Å²) in [6, 6.07) is 17.2. The molecule has 4 rings (SSSR count). The Morgan fingerprint density at radius 3 is 2.54 bits per heavy atom. The van der Waals surface area contributed by atoms with Crippen molar-refractivity contribution in [1.29, 1.82) is 0 Å². The highest BCUT2D eigenvalue weighted by atomic mass is 16.5. The van der Waals surface area contributed by atoms with E-state index in [4.69, 9.17) is 16.2 Å². The molecule has 28 heavy (non-hydrogen) atoms. The molecule has 0 radical (unpaired) electrons. The average molecular weight is 371 g/mol. The third-order valence-electron chi connectivity index (χ3n) is 4.50. The number of aryl methyl sites for hydroxylation is 2. The molecule has 2 aromatic heterocycles. The van der Waals surface area contributed by atoms with Gasteiger partial charge >= 0.3 is 0 Å². The monoisotopic (exact) mass is 371 g/mol. The van der Waals surface area contributed by atoms with Gasteiger partial charge in [0.15, 0.2) is 5.82 Å². The van der Waals surface area contributed by atoms with Gasteiger partial charge in [0.05, 0.1) is 11.2 Å². The van der Waals surface area contributed by atoms with Gasteiger partial charge in [0, 0.05) is 22.3 Å². The van der Waals surface area contributed by atoms with Crippen molar-refractivity contribution in [2.24, 2.45) is 0 Å². The van der Waals surface area contributed by atoms with Crippen LogP contribution in [0.15, 0.2) is 54.6 Å². The van der Waals surface area contributed by atoms with Crippen molar-refractivity contribution < 1.29 is 4.74 Å². The lowest BCUT2D eigenvalue weighted by Gasteiger charge is -2.11. The molecule has 6 heteroatoms. The number of ether oxygens (including phenoxy) is 1. The first-order chi connectivity index (χ1) is 13.5. The molecule has 0 atom stereocenters. The molecule has 0 fully saturated rings. The molecule has 4 aromatic rings. The molecular formula is C22H21N5O. The van der Waals surface area contributed by atoms with Crippen molar-refractivity contribution in [3.63, 3.8) is 0 Å². The molecule has 0 amide bonds. The first kappa shape index (κ1) is 17.7. The molecule has 0 aliphatic carbocycles. The second-order valence-electron chi connectivity index (χ2n) is 6.75. The fourth-order valence-corrected chi connectivity index (χ4v) is 3.08. The molecule has 0 aliphatic heterocycles. The van der Waals surface area contributed by atoms with Crippen molar-refractivity contribution in [1.82, 2.24) is 15.0 Å². The summed E-state index contributed by atoms with van der Waals surface area (Å²) in [7, 11) is 0. The predicted octanol–water partition coefficient (Wildman–Crippen LogP) is 4.05. The van der Waals surface area contributed by atoms with Gasteiger partial charge in [-0.05, 0) is 67.9 Å². The van der Waals surface area contributed by atoms with Crippen molar-refractivity contribution in [2.45, 2.75) is 20.5 Å². The maximum absolute atomic E-state index is 6.12. The molecule has 140 valence electrons. The van der Waals surface area contributed by atoms with E-state index >= 15 is 0 Å². The number of hydrogen-bond acceptors (Lipinski definition) is 6. The fourth-order valence-electron chi connectivity index (χ4n) is 3.08. The van der Waals surface area contributed by atoms with Crippen LogP contribution in [-0.2, 0) is 6.61 Å². The van der Waals surface area contributed by atoms with Crippen LogP contribution in [0.5, 0.6) is 5.75 Å². The van der Waals surface area contributed by atoms with E-state index in [0.717, 1.165) is 39.2 Å². The number of nitrogen functional groups attached to an aromatic ring is 2. The van der Waals surface area contributed by atoms with Gasteiger partial charge in [0.25, 0.3) is 0 Å². The molecule has 2 heterocycles. The van der Waals surface area contributed by atoms with Crippen molar-refractivity contribution in [3.8, 4) is 17.1 Å². The summed E-state index contributed by atoms with van der Waals surface area (Å²) in [5, 5.41) is 0.756. The Morgan fingerprint density at radius 1 is 0.893 bits per heavy atom. The van der Waals surface area contributed by atoms with Crippen LogP contribution in [-0.4, -0.2) is 15.0 Å². The molecule has 4 N–H and O–H groups in total. The molecular weight excluding hydrogens is 350 g/mol. The zero-order valence-corrected chi connectivity index (χ0v) is 15.8. The third kappa shape index (κ3) is 3.57. The largest absolute Gasteiger partial charge is 0.487 e. The van der Waals surface area contributed by atoms with Crippen LogP contribution < -0.4 is 16.2 Å². The molecule has 6 nitrogen and oxygen atoms in total. The van der Waals surface area contributed by atoms with Crippen LogP contribution in [0.25, 0.3) is 22.3 Å². The van der Waals surface area contributed by atoms with Crippen LogP contribution in [0.4, 0.5) is 11.5 Å². The molecule has 0 aliphatic rings. The van der Waals surface area contributed by atoms with Gasteiger partial charge in [-0.25, -0.2) is 9.97 Å². The lowest BCUT2D eigenvalue weighted by atomic mass is 10.1. The maximum atomic E-state index is 6.12. The van der Waals surface area contributed by atoms with Crippen molar-refractivity contribution in [3.05, 3.63) is 71.5 Å². The van der Waals surface area contributed by atoms with Crippen LogP contribution >= 0.6 is 0 Å². The second kappa shape index (κ2) is 7.15. The molecule has 0 spiro atoms. The lowest BCUT2D eigenvalue weighted by Crippen LogP contribution is -2.01. The van der Waals surface area contributed by atoms with E-state index in [1.807, 2.05) is 56.3 Å². The maximum Gasteiger partial charge on any atom is 0.162 e. The van der Waals surface area contributed by atoms with Gasteiger partial charge in [-0.2, -0.15) is 0 Å². The lowest BCUT2D eigenvalue weighted by molar-refractivity contribution is 0.299. The summed E-state index contributed by atoms with van der Waals surface area (Å²) >= 11 is 0. The molecule has 2 aromatic carbocycles. The van der Waals surface area contributed by atoms with Gasteiger partial charge < -0.3 is 16.2 Å². The number of aromatic nitrogens is 3. The summed E-state index contributed by atoms with van der Waals surface area (Å²) in [5.74, 6) is 1.79. The van der Waals surface area contributed by atoms with Crippen LogP contribution in [0.2, 0.25) is 0 Å². The predicted molar refractivity (Wildman–Crippen MR) is 112 cm³/mol. The van der Waals surface area contributed by atoms with E-state index in [-0.39, 0.29) is 0 Å². The minimum atomic E-state index is 0.413. The van der Waals surface area contributed by atoms with Crippen LogP contribution in [0.1, 0.15) is 17.0 Å². The highest BCUT2D eigenvalue weighted by Crippen LogP contribution is 2.28. The SMILES string of the molecule is Cc1cccc(COc2ccc(-c3nc(N)c4cc(N)ccc4n3)cc2C)n1. The first-order valence-corrected chi connectivity index (χ1v) is 8.99. The number of nitrogens with zero attached hydrogens (tertiary/aromatic N) is 3. The van der Waals surface area contributed by atoms with E-state index in [9.17, 15) is 0 Å². The zero-order chi connectivity index (χ0) is 19.7. The summed E-state index contributed by atoms with van der Waals surface area (Å²) in [6.07, 6.45) is 0. The number of pyridine rings is 1.